The van der Waals surface area contributed by atoms with Crippen LogP contribution in [-0.4, -0.2) is 38.2 Å². The molecule has 38 heavy (non-hydrogen) atoms. The number of carbonyl (C=O) groups excluding carboxylic acids is 2. The lowest BCUT2D eigenvalue weighted by Crippen LogP contribution is -2.46. The van der Waals surface area contributed by atoms with Crippen LogP contribution in [0.15, 0.2) is 60.7 Å². The average Bonchev–Trinajstić information content (AvgIpc) is 3.43. The van der Waals surface area contributed by atoms with E-state index >= 15 is 0 Å². The Morgan fingerprint density at radius 3 is 2.21 bits per heavy atom. The molecule has 0 spiro atoms. The molecule has 198 valence electrons. The zero-order chi connectivity index (χ0) is 26.6. The highest BCUT2D eigenvalue weighted by Gasteiger charge is 2.35. The molecule has 1 saturated carbocycles. The second kappa shape index (κ2) is 11.2. The third-order valence-electron chi connectivity index (χ3n) is 7.13. The van der Waals surface area contributed by atoms with E-state index in [0.717, 1.165) is 36.8 Å². The van der Waals surface area contributed by atoms with E-state index < -0.39 is 6.04 Å². The summed E-state index contributed by atoms with van der Waals surface area (Å²) < 4.78 is 16.8. The SMILES string of the molecule is COc1ccc(C(C(=O)NC2CCCC2)N(C(=O)c2ccc3c(c2)OCCO3)c2cc(C)cc(C)c2)cc1. The summed E-state index contributed by atoms with van der Waals surface area (Å²) in [5.74, 6) is 1.32. The summed E-state index contributed by atoms with van der Waals surface area (Å²) in [6, 6.07) is 17.7. The molecule has 7 heteroatoms. The van der Waals surface area contributed by atoms with Crippen molar-refractivity contribution in [1.82, 2.24) is 5.32 Å². The molecule has 5 rings (SSSR count). The number of aryl methyl sites for hydroxylation is 2. The van der Waals surface area contributed by atoms with Crippen molar-refractivity contribution < 1.29 is 23.8 Å². The smallest absolute Gasteiger partial charge is 0.259 e. The van der Waals surface area contributed by atoms with Crippen LogP contribution in [0, 0.1) is 13.8 Å². The van der Waals surface area contributed by atoms with Crippen molar-refractivity contribution in [2.45, 2.75) is 51.6 Å². The number of benzene rings is 3. The minimum atomic E-state index is -0.886. The number of rotatable bonds is 7. The number of methoxy groups -OCH3 is 1. The van der Waals surface area contributed by atoms with Crippen molar-refractivity contribution in [1.29, 1.82) is 0 Å². The summed E-state index contributed by atoms with van der Waals surface area (Å²) >= 11 is 0. The van der Waals surface area contributed by atoms with Gasteiger partial charge in [0.15, 0.2) is 11.5 Å². The molecule has 0 saturated heterocycles. The van der Waals surface area contributed by atoms with E-state index in [1.807, 2.05) is 50.2 Å². The van der Waals surface area contributed by atoms with E-state index in [1.54, 1.807) is 30.2 Å². The fourth-order valence-electron chi connectivity index (χ4n) is 5.34. The van der Waals surface area contributed by atoms with Crippen molar-refractivity contribution in [3.8, 4) is 17.2 Å². The Kier molecular flexibility index (Phi) is 7.54. The van der Waals surface area contributed by atoms with Crippen molar-refractivity contribution in [2.24, 2.45) is 0 Å². The van der Waals surface area contributed by atoms with Gasteiger partial charge in [-0.3, -0.25) is 14.5 Å². The molecular formula is C31H34N2O5. The van der Waals surface area contributed by atoms with E-state index in [-0.39, 0.29) is 17.9 Å². The molecule has 0 radical (unpaired) electrons. The van der Waals surface area contributed by atoms with Crippen molar-refractivity contribution in [3.05, 3.63) is 82.9 Å². The Balaban J connectivity index is 1.62. The Bertz CT molecular complexity index is 1290. The van der Waals surface area contributed by atoms with Gasteiger partial charge in [-0.25, -0.2) is 0 Å². The molecule has 3 aromatic carbocycles. The maximum atomic E-state index is 14.4. The van der Waals surface area contributed by atoms with Gasteiger partial charge < -0.3 is 19.5 Å². The zero-order valence-corrected chi connectivity index (χ0v) is 22.2. The van der Waals surface area contributed by atoms with E-state index in [2.05, 4.69) is 11.4 Å². The van der Waals surface area contributed by atoms with Crippen LogP contribution in [0.4, 0.5) is 5.69 Å². The van der Waals surface area contributed by atoms with Crippen LogP contribution < -0.4 is 24.4 Å². The molecule has 2 aliphatic rings. The number of amides is 2. The molecule has 0 aromatic heterocycles. The highest BCUT2D eigenvalue weighted by atomic mass is 16.6. The van der Waals surface area contributed by atoms with Crippen molar-refractivity contribution >= 4 is 17.5 Å². The number of anilines is 1. The van der Waals surface area contributed by atoms with Gasteiger partial charge in [-0.2, -0.15) is 0 Å². The molecule has 1 fully saturated rings. The first-order valence-corrected chi connectivity index (χ1v) is 13.2. The zero-order valence-electron chi connectivity index (χ0n) is 22.2. The second-order valence-electron chi connectivity index (χ2n) is 10.0. The third kappa shape index (κ3) is 5.47. The summed E-state index contributed by atoms with van der Waals surface area (Å²) in [5.41, 5.74) is 3.78. The molecule has 1 aliphatic heterocycles. The van der Waals surface area contributed by atoms with Crippen LogP contribution in [0.2, 0.25) is 0 Å². The summed E-state index contributed by atoms with van der Waals surface area (Å²) in [5, 5.41) is 3.23. The molecular weight excluding hydrogens is 480 g/mol. The van der Waals surface area contributed by atoms with Crippen LogP contribution in [0.1, 0.15) is 58.8 Å². The number of carbonyl (C=O) groups is 2. The van der Waals surface area contributed by atoms with Crippen molar-refractivity contribution in [3.63, 3.8) is 0 Å². The normalized spacial score (nSPS) is 15.6. The molecule has 7 nitrogen and oxygen atoms in total. The summed E-state index contributed by atoms with van der Waals surface area (Å²) in [6.07, 6.45) is 4.07. The Morgan fingerprint density at radius 1 is 0.895 bits per heavy atom. The monoisotopic (exact) mass is 514 g/mol. The Labute approximate surface area is 223 Å². The largest absolute Gasteiger partial charge is 0.497 e. The number of hydrogen-bond acceptors (Lipinski definition) is 5. The molecule has 1 aliphatic carbocycles. The fraction of sp³-hybridized carbons (Fsp3) is 0.355. The van der Waals surface area contributed by atoms with E-state index in [0.29, 0.717) is 47.3 Å². The highest BCUT2D eigenvalue weighted by molar-refractivity contribution is 6.10. The van der Waals surface area contributed by atoms with E-state index in [9.17, 15) is 9.59 Å². The first-order valence-electron chi connectivity index (χ1n) is 13.2. The quantitative estimate of drug-likeness (QED) is 0.449. The van der Waals surface area contributed by atoms with Gasteiger partial charge >= 0.3 is 0 Å². The number of fused-ring (bicyclic) bond motifs is 1. The first kappa shape index (κ1) is 25.6. The minimum Gasteiger partial charge on any atom is -0.497 e. The van der Waals surface area contributed by atoms with E-state index in [1.165, 1.54) is 0 Å². The van der Waals surface area contributed by atoms with Gasteiger partial charge in [0.2, 0.25) is 5.91 Å². The second-order valence-corrected chi connectivity index (χ2v) is 10.0. The summed E-state index contributed by atoms with van der Waals surface area (Å²) in [4.78, 5) is 30.0. The topological polar surface area (TPSA) is 77.1 Å². The standard InChI is InChI=1S/C31H34N2O5/c1-20-16-21(2)18-25(17-20)33(31(35)23-10-13-27-28(19-23)38-15-14-37-27)29(22-8-11-26(36-3)12-9-22)30(34)32-24-6-4-5-7-24/h8-13,16-19,24,29H,4-7,14-15H2,1-3H3,(H,32,34). The van der Waals surface area contributed by atoms with Gasteiger partial charge in [-0.15, -0.1) is 0 Å². The van der Waals surface area contributed by atoms with Crippen LogP contribution >= 0.6 is 0 Å². The molecule has 1 unspecified atom stereocenters. The highest BCUT2D eigenvalue weighted by Crippen LogP contribution is 2.36. The predicted molar refractivity (Wildman–Crippen MR) is 146 cm³/mol. The summed E-state index contributed by atoms with van der Waals surface area (Å²) in [6.45, 7) is 4.87. The molecule has 3 aromatic rings. The minimum absolute atomic E-state index is 0.105. The molecule has 2 amide bonds. The van der Waals surface area contributed by atoms with Crippen LogP contribution in [0.25, 0.3) is 0 Å². The maximum absolute atomic E-state index is 14.4. The predicted octanol–water partition coefficient (Wildman–Crippen LogP) is 5.53. The maximum Gasteiger partial charge on any atom is 0.259 e. The van der Waals surface area contributed by atoms with Crippen LogP contribution in [0.3, 0.4) is 0 Å². The van der Waals surface area contributed by atoms with Gasteiger partial charge in [0.05, 0.1) is 7.11 Å². The molecule has 1 N–H and O–H groups in total. The number of hydrogen-bond donors (Lipinski definition) is 1. The molecule has 0 bridgehead atoms. The lowest BCUT2D eigenvalue weighted by atomic mass is 9.99. The first-order chi connectivity index (χ1) is 18.4. The average molecular weight is 515 g/mol. The number of nitrogens with zero attached hydrogens (tertiary/aromatic N) is 1. The number of ether oxygens (including phenoxy) is 3. The summed E-state index contributed by atoms with van der Waals surface area (Å²) in [7, 11) is 1.60. The van der Waals surface area contributed by atoms with Gasteiger partial charge in [0, 0.05) is 17.3 Å². The number of nitrogens with one attached hydrogen (secondary N) is 1. The van der Waals surface area contributed by atoms with Crippen LogP contribution in [0.5, 0.6) is 17.2 Å². The van der Waals surface area contributed by atoms with Crippen molar-refractivity contribution in [2.75, 3.05) is 25.2 Å². The lowest BCUT2D eigenvalue weighted by Gasteiger charge is -2.33. The van der Waals surface area contributed by atoms with Crippen LogP contribution in [-0.2, 0) is 4.79 Å². The lowest BCUT2D eigenvalue weighted by molar-refractivity contribution is -0.123. The Hall–Kier alpha value is -4.00. The van der Waals surface area contributed by atoms with Gasteiger partial charge in [-0.1, -0.05) is 31.0 Å². The van der Waals surface area contributed by atoms with E-state index in [4.69, 9.17) is 14.2 Å². The van der Waals surface area contributed by atoms with Gasteiger partial charge in [0.1, 0.15) is 25.0 Å². The third-order valence-corrected chi connectivity index (χ3v) is 7.13. The molecule has 1 atom stereocenters. The van der Waals surface area contributed by atoms with Gasteiger partial charge in [-0.05, 0) is 85.8 Å². The Morgan fingerprint density at radius 2 is 1.55 bits per heavy atom. The molecule has 1 heterocycles. The fourth-order valence-corrected chi connectivity index (χ4v) is 5.34. The van der Waals surface area contributed by atoms with Gasteiger partial charge in [0.25, 0.3) is 5.91 Å².